The van der Waals surface area contributed by atoms with E-state index >= 15 is 0 Å². The third kappa shape index (κ3) is 1.59. The number of imidazole rings is 1. The number of carboxylic acid groups (broad SMARTS) is 1. The van der Waals surface area contributed by atoms with E-state index in [-0.39, 0.29) is 5.56 Å². The fourth-order valence-electron chi connectivity index (χ4n) is 2.22. The molecular weight excluding hydrogens is 258 g/mol. The minimum atomic E-state index is -1.02. The van der Waals surface area contributed by atoms with E-state index in [1.54, 1.807) is 28.8 Å². The Hall–Kier alpha value is -2.70. The van der Waals surface area contributed by atoms with Crippen LogP contribution in [0.1, 0.15) is 21.7 Å². The third-order valence-corrected chi connectivity index (χ3v) is 3.46. The molecule has 7 heteroatoms. The standard InChI is InChI=1S/C13H13N5O2/c1-7-8(2)18(6-15-7)11-9-5-16-17(3)12(9)14-4-10(11)13(19)20/h4-6H,1-3H3,(H,19,20). The predicted molar refractivity (Wildman–Crippen MR) is 72.1 cm³/mol. The molecular formula is C13H13N5O2. The zero-order valence-corrected chi connectivity index (χ0v) is 11.3. The number of carbonyl (C=O) groups is 1. The lowest BCUT2D eigenvalue weighted by atomic mass is 10.1. The molecule has 0 amide bonds. The van der Waals surface area contributed by atoms with Gasteiger partial charge in [-0.25, -0.2) is 14.8 Å². The Balaban J connectivity index is 2.45. The van der Waals surface area contributed by atoms with E-state index < -0.39 is 5.97 Å². The first kappa shape index (κ1) is 12.3. The molecule has 0 saturated heterocycles. The molecule has 0 saturated carbocycles. The van der Waals surface area contributed by atoms with E-state index in [1.165, 1.54) is 6.20 Å². The van der Waals surface area contributed by atoms with E-state index in [9.17, 15) is 9.90 Å². The van der Waals surface area contributed by atoms with Crippen LogP contribution in [-0.4, -0.2) is 35.4 Å². The highest BCUT2D eigenvalue weighted by Gasteiger charge is 2.20. The van der Waals surface area contributed by atoms with Gasteiger partial charge in [0.25, 0.3) is 0 Å². The SMILES string of the molecule is Cc1ncn(-c2c(C(=O)O)cnc3c2cnn3C)c1C. The first-order chi connectivity index (χ1) is 9.50. The molecule has 0 aliphatic rings. The Morgan fingerprint density at radius 2 is 2.00 bits per heavy atom. The average molecular weight is 271 g/mol. The number of hydrogen-bond acceptors (Lipinski definition) is 4. The zero-order valence-electron chi connectivity index (χ0n) is 11.3. The summed E-state index contributed by atoms with van der Waals surface area (Å²) >= 11 is 0. The van der Waals surface area contributed by atoms with Crippen LogP contribution in [0.3, 0.4) is 0 Å². The molecule has 0 unspecified atom stereocenters. The number of carboxylic acids is 1. The lowest BCUT2D eigenvalue weighted by Gasteiger charge is -2.10. The van der Waals surface area contributed by atoms with Gasteiger partial charge in [-0.05, 0) is 13.8 Å². The van der Waals surface area contributed by atoms with Crippen molar-refractivity contribution in [1.29, 1.82) is 0 Å². The number of hydrogen-bond donors (Lipinski definition) is 1. The Labute approximate surface area is 114 Å². The van der Waals surface area contributed by atoms with Crippen molar-refractivity contribution in [2.75, 3.05) is 0 Å². The fourth-order valence-corrected chi connectivity index (χ4v) is 2.22. The molecule has 0 radical (unpaired) electrons. The summed E-state index contributed by atoms with van der Waals surface area (Å²) in [6, 6.07) is 0. The van der Waals surface area contributed by atoms with Gasteiger partial charge in [-0.3, -0.25) is 4.68 Å². The molecule has 0 spiro atoms. The van der Waals surface area contributed by atoms with Crippen molar-refractivity contribution >= 4 is 17.0 Å². The fraction of sp³-hybridized carbons (Fsp3) is 0.231. The topological polar surface area (TPSA) is 85.8 Å². The zero-order chi connectivity index (χ0) is 14.4. The van der Waals surface area contributed by atoms with Crippen molar-refractivity contribution in [3.8, 4) is 5.69 Å². The van der Waals surface area contributed by atoms with Gasteiger partial charge in [0.05, 0.1) is 29.3 Å². The molecule has 3 heterocycles. The smallest absolute Gasteiger partial charge is 0.339 e. The van der Waals surface area contributed by atoms with E-state index in [0.29, 0.717) is 16.7 Å². The Bertz CT molecular complexity index is 831. The maximum atomic E-state index is 11.5. The molecule has 0 fully saturated rings. The van der Waals surface area contributed by atoms with Crippen LogP contribution in [0.5, 0.6) is 0 Å². The highest BCUT2D eigenvalue weighted by molar-refractivity contribution is 5.99. The molecule has 3 rings (SSSR count). The van der Waals surface area contributed by atoms with Gasteiger partial charge in [-0.1, -0.05) is 0 Å². The van der Waals surface area contributed by atoms with Gasteiger partial charge in [-0.2, -0.15) is 5.10 Å². The van der Waals surface area contributed by atoms with Gasteiger partial charge in [-0.15, -0.1) is 0 Å². The second-order valence-corrected chi connectivity index (χ2v) is 4.62. The number of pyridine rings is 1. The van der Waals surface area contributed by atoms with Crippen molar-refractivity contribution in [2.24, 2.45) is 7.05 Å². The molecule has 0 aromatic carbocycles. The highest BCUT2D eigenvalue weighted by Crippen LogP contribution is 2.26. The third-order valence-electron chi connectivity index (χ3n) is 3.46. The number of nitrogens with zero attached hydrogens (tertiary/aromatic N) is 5. The Morgan fingerprint density at radius 1 is 1.25 bits per heavy atom. The van der Waals surface area contributed by atoms with Crippen molar-refractivity contribution in [3.63, 3.8) is 0 Å². The van der Waals surface area contributed by atoms with Crippen molar-refractivity contribution < 1.29 is 9.90 Å². The molecule has 0 bridgehead atoms. The molecule has 0 aliphatic heterocycles. The van der Waals surface area contributed by atoms with Crippen LogP contribution in [0.4, 0.5) is 0 Å². The normalized spacial score (nSPS) is 11.2. The largest absolute Gasteiger partial charge is 0.478 e. The molecule has 0 atom stereocenters. The van der Waals surface area contributed by atoms with E-state index in [1.807, 2.05) is 13.8 Å². The van der Waals surface area contributed by atoms with Crippen LogP contribution in [0.15, 0.2) is 18.7 Å². The van der Waals surface area contributed by atoms with Crippen LogP contribution >= 0.6 is 0 Å². The summed E-state index contributed by atoms with van der Waals surface area (Å²) < 4.78 is 3.38. The molecule has 102 valence electrons. The monoisotopic (exact) mass is 271 g/mol. The lowest BCUT2D eigenvalue weighted by Crippen LogP contribution is -2.08. The van der Waals surface area contributed by atoms with Gasteiger partial charge in [0.1, 0.15) is 5.56 Å². The maximum absolute atomic E-state index is 11.5. The van der Waals surface area contributed by atoms with Crippen molar-refractivity contribution in [3.05, 3.63) is 35.7 Å². The maximum Gasteiger partial charge on any atom is 0.339 e. The summed E-state index contributed by atoms with van der Waals surface area (Å²) in [5.74, 6) is -1.02. The van der Waals surface area contributed by atoms with Gasteiger partial charge in [0.2, 0.25) is 0 Å². The number of aromatic nitrogens is 5. The predicted octanol–water partition coefficient (Wildman–Crippen LogP) is 1.47. The quantitative estimate of drug-likeness (QED) is 0.762. The average Bonchev–Trinajstić information content (AvgIpc) is 2.94. The Kier molecular flexibility index (Phi) is 2.56. The van der Waals surface area contributed by atoms with Crippen molar-refractivity contribution in [1.82, 2.24) is 24.3 Å². The number of fused-ring (bicyclic) bond motifs is 1. The number of aryl methyl sites for hydroxylation is 2. The summed E-state index contributed by atoms with van der Waals surface area (Å²) in [6.45, 7) is 3.78. The second kappa shape index (κ2) is 4.16. The van der Waals surface area contributed by atoms with Gasteiger partial charge in [0, 0.05) is 18.9 Å². The highest BCUT2D eigenvalue weighted by atomic mass is 16.4. The first-order valence-electron chi connectivity index (χ1n) is 6.05. The molecule has 3 aromatic heterocycles. The molecule has 1 N–H and O–H groups in total. The van der Waals surface area contributed by atoms with E-state index in [4.69, 9.17) is 0 Å². The minimum Gasteiger partial charge on any atom is -0.478 e. The number of aromatic carboxylic acids is 1. The van der Waals surface area contributed by atoms with Gasteiger partial charge < -0.3 is 9.67 Å². The van der Waals surface area contributed by atoms with Crippen LogP contribution in [0.2, 0.25) is 0 Å². The van der Waals surface area contributed by atoms with E-state index in [0.717, 1.165) is 11.4 Å². The summed E-state index contributed by atoms with van der Waals surface area (Å²) in [6.07, 6.45) is 4.61. The molecule has 7 nitrogen and oxygen atoms in total. The summed E-state index contributed by atoms with van der Waals surface area (Å²) in [4.78, 5) is 19.9. The Morgan fingerprint density at radius 3 is 2.60 bits per heavy atom. The summed E-state index contributed by atoms with van der Waals surface area (Å²) in [5.41, 5.74) is 3.06. The molecule has 3 aromatic rings. The molecule has 20 heavy (non-hydrogen) atoms. The lowest BCUT2D eigenvalue weighted by molar-refractivity contribution is 0.0696. The first-order valence-corrected chi connectivity index (χ1v) is 6.05. The summed E-state index contributed by atoms with van der Waals surface area (Å²) in [7, 11) is 1.77. The van der Waals surface area contributed by atoms with Crippen LogP contribution in [-0.2, 0) is 7.05 Å². The summed E-state index contributed by atoms with van der Waals surface area (Å²) in [5, 5.41) is 14.2. The van der Waals surface area contributed by atoms with E-state index in [2.05, 4.69) is 15.1 Å². The van der Waals surface area contributed by atoms with Gasteiger partial charge >= 0.3 is 5.97 Å². The van der Waals surface area contributed by atoms with Crippen molar-refractivity contribution in [2.45, 2.75) is 13.8 Å². The van der Waals surface area contributed by atoms with Crippen LogP contribution < -0.4 is 0 Å². The van der Waals surface area contributed by atoms with Gasteiger partial charge in [0.15, 0.2) is 5.65 Å². The minimum absolute atomic E-state index is 0.131. The van der Waals surface area contributed by atoms with Crippen LogP contribution in [0, 0.1) is 13.8 Å². The van der Waals surface area contributed by atoms with Crippen LogP contribution in [0.25, 0.3) is 16.7 Å². The second-order valence-electron chi connectivity index (χ2n) is 4.62. The number of rotatable bonds is 2. The molecule has 0 aliphatic carbocycles.